The number of nitrogens with zero attached hydrogens (tertiary/aromatic N) is 1. The summed E-state index contributed by atoms with van der Waals surface area (Å²) in [5.41, 5.74) is -0.0445. The maximum atomic E-state index is 13.3. The number of aryl methyl sites for hydroxylation is 1. The first-order valence-corrected chi connectivity index (χ1v) is 10.9. The van der Waals surface area contributed by atoms with Crippen molar-refractivity contribution in [1.82, 2.24) is 0 Å². The van der Waals surface area contributed by atoms with Crippen LogP contribution < -0.4 is 0 Å². The van der Waals surface area contributed by atoms with E-state index in [-0.39, 0.29) is 11.5 Å². The molecule has 1 fully saturated rings. The van der Waals surface area contributed by atoms with Crippen molar-refractivity contribution >= 4 is 27.4 Å². The van der Waals surface area contributed by atoms with E-state index >= 15 is 0 Å². The van der Waals surface area contributed by atoms with Crippen LogP contribution in [0.25, 0.3) is 0 Å². The average Bonchev–Trinajstić information content (AvgIpc) is 3.40. The van der Waals surface area contributed by atoms with Crippen LogP contribution >= 0.6 is 11.6 Å². The summed E-state index contributed by atoms with van der Waals surface area (Å²) >= 11 is 5.86. The van der Waals surface area contributed by atoms with E-state index < -0.39 is 32.4 Å². The van der Waals surface area contributed by atoms with Crippen molar-refractivity contribution in [3.05, 3.63) is 64.7 Å². The quantitative estimate of drug-likeness (QED) is 0.665. The molecule has 1 aliphatic rings. The summed E-state index contributed by atoms with van der Waals surface area (Å²) in [5.74, 6) is -1.59. The molecule has 1 saturated carbocycles. The third-order valence-electron chi connectivity index (χ3n) is 5.15. The molecule has 0 aromatic heterocycles. The van der Waals surface area contributed by atoms with Gasteiger partial charge in [0.25, 0.3) is 0 Å². The largest absolute Gasteiger partial charge is 0.465 e. The Morgan fingerprint density at radius 1 is 1.14 bits per heavy atom. The Bertz CT molecular complexity index is 1030. The Morgan fingerprint density at radius 2 is 1.75 bits per heavy atom. The lowest BCUT2D eigenvalue weighted by molar-refractivity contribution is -0.147. The van der Waals surface area contributed by atoms with E-state index in [0.29, 0.717) is 10.6 Å². The second-order valence-corrected chi connectivity index (χ2v) is 9.20. The molecule has 0 spiro atoms. The first kappa shape index (κ1) is 20.4. The Morgan fingerprint density at radius 3 is 2.25 bits per heavy atom. The zero-order valence-electron chi connectivity index (χ0n) is 15.6. The van der Waals surface area contributed by atoms with Gasteiger partial charge in [-0.15, -0.1) is 0 Å². The number of sulfone groups is 1. The van der Waals surface area contributed by atoms with Gasteiger partial charge in [0.1, 0.15) is 5.25 Å². The average molecular weight is 418 g/mol. The topological polar surface area (TPSA) is 84.2 Å². The maximum Gasteiger partial charge on any atom is 0.328 e. The number of esters is 1. The van der Waals surface area contributed by atoms with Crippen LogP contribution in [-0.4, -0.2) is 26.2 Å². The van der Waals surface area contributed by atoms with Gasteiger partial charge in [0.05, 0.1) is 17.6 Å². The Labute approximate surface area is 169 Å². The highest BCUT2D eigenvalue weighted by molar-refractivity contribution is 7.92. The third-order valence-corrected chi connectivity index (χ3v) is 7.65. The van der Waals surface area contributed by atoms with Gasteiger partial charge in [0.2, 0.25) is 0 Å². The fourth-order valence-corrected chi connectivity index (χ4v) is 5.99. The fourth-order valence-electron chi connectivity index (χ4n) is 3.62. The zero-order chi connectivity index (χ0) is 20.5. The van der Waals surface area contributed by atoms with Crippen molar-refractivity contribution in [2.45, 2.75) is 36.3 Å². The van der Waals surface area contributed by atoms with Crippen LogP contribution in [0.3, 0.4) is 0 Å². The van der Waals surface area contributed by atoms with Crippen LogP contribution in [0.4, 0.5) is 0 Å². The number of hydrogen-bond acceptors (Lipinski definition) is 5. The predicted octanol–water partition coefficient (Wildman–Crippen LogP) is 3.92. The molecule has 0 unspecified atom stereocenters. The zero-order valence-corrected chi connectivity index (χ0v) is 17.1. The summed E-state index contributed by atoms with van der Waals surface area (Å²) in [5, 5.41) is 9.07. The van der Waals surface area contributed by atoms with Gasteiger partial charge in [-0.3, -0.25) is 4.79 Å². The second-order valence-electron chi connectivity index (χ2n) is 6.69. The summed E-state index contributed by atoms with van der Waals surface area (Å²) in [7, 11) is -3.96. The summed E-state index contributed by atoms with van der Waals surface area (Å²) in [6.45, 7) is 3.70. The van der Waals surface area contributed by atoms with Gasteiger partial charge in [-0.25, -0.2) is 8.42 Å². The lowest BCUT2D eigenvalue weighted by atomic mass is 9.99. The fraction of sp³-hybridized carbons (Fsp3) is 0.333. The van der Waals surface area contributed by atoms with Crippen LogP contribution in [0.5, 0.6) is 0 Å². The number of hydrogen-bond donors (Lipinski definition) is 0. The SMILES string of the molecule is CCOC(=O)[C@]1(C#N)[C@H](c2ccc(CC)cc2)[C@@H]1S(=O)(=O)c1ccc(Cl)cc1. The summed E-state index contributed by atoms with van der Waals surface area (Å²) in [6, 6.07) is 15.0. The normalized spacial score (nSPS) is 23.6. The molecular formula is C21H20ClNO4S. The summed E-state index contributed by atoms with van der Waals surface area (Å²) in [6.07, 6.45) is 0.832. The summed E-state index contributed by atoms with van der Waals surface area (Å²) < 4.78 is 31.7. The number of benzene rings is 2. The number of halogens is 1. The van der Waals surface area contributed by atoms with E-state index in [1.165, 1.54) is 24.3 Å². The van der Waals surface area contributed by atoms with Gasteiger partial charge < -0.3 is 4.74 Å². The minimum atomic E-state index is -3.96. The highest BCUT2D eigenvalue weighted by atomic mass is 35.5. The van der Waals surface area contributed by atoms with Crippen LogP contribution in [0, 0.1) is 16.7 Å². The van der Waals surface area contributed by atoms with E-state index in [0.717, 1.165) is 12.0 Å². The number of carbonyl (C=O) groups is 1. The molecule has 2 aromatic carbocycles. The van der Waals surface area contributed by atoms with Crippen molar-refractivity contribution in [3.63, 3.8) is 0 Å². The molecule has 146 valence electrons. The minimum Gasteiger partial charge on any atom is -0.465 e. The molecule has 0 radical (unpaired) electrons. The molecule has 0 heterocycles. The van der Waals surface area contributed by atoms with Gasteiger partial charge in [-0.1, -0.05) is 42.8 Å². The van der Waals surface area contributed by atoms with Crippen LogP contribution in [0.2, 0.25) is 5.02 Å². The Hall–Kier alpha value is -2.36. The van der Waals surface area contributed by atoms with E-state index in [1.807, 2.05) is 25.1 Å². The van der Waals surface area contributed by atoms with Gasteiger partial charge in [0, 0.05) is 10.9 Å². The van der Waals surface area contributed by atoms with Gasteiger partial charge in [-0.05, 0) is 48.7 Å². The van der Waals surface area contributed by atoms with Gasteiger partial charge >= 0.3 is 5.97 Å². The molecule has 2 aromatic rings. The molecule has 7 heteroatoms. The van der Waals surface area contributed by atoms with Gasteiger partial charge in [-0.2, -0.15) is 5.26 Å². The van der Waals surface area contributed by atoms with Crippen molar-refractivity contribution in [3.8, 4) is 6.07 Å². The lowest BCUT2D eigenvalue weighted by Crippen LogP contribution is -2.25. The Balaban J connectivity index is 2.11. The molecule has 0 N–H and O–H groups in total. The standard InChI is InChI=1S/C21H20ClNO4S/c1-3-14-5-7-15(8-6-14)18-19(21(18,13-23)20(24)27-4-2)28(25,26)17-11-9-16(22)10-12-17/h5-12,18-19H,3-4H2,1-2H3/t18-,19+,21-/m1/s1. The predicted molar refractivity (Wildman–Crippen MR) is 106 cm³/mol. The first-order valence-electron chi connectivity index (χ1n) is 8.99. The second kappa shape index (κ2) is 7.57. The first-order chi connectivity index (χ1) is 13.3. The number of ether oxygens (including phenoxy) is 1. The number of rotatable bonds is 6. The maximum absolute atomic E-state index is 13.3. The summed E-state index contributed by atoms with van der Waals surface area (Å²) in [4.78, 5) is 12.7. The number of nitriles is 1. The van der Waals surface area contributed by atoms with Crippen LogP contribution in [0.1, 0.15) is 30.9 Å². The highest BCUT2D eigenvalue weighted by Crippen LogP contribution is 2.64. The van der Waals surface area contributed by atoms with Crippen molar-refractivity contribution in [1.29, 1.82) is 5.26 Å². The Kier molecular flexibility index (Phi) is 5.51. The van der Waals surface area contributed by atoms with Gasteiger partial charge in [0.15, 0.2) is 15.3 Å². The monoisotopic (exact) mass is 417 g/mol. The lowest BCUT2D eigenvalue weighted by Gasteiger charge is -2.09. The molecule has 28 heavy (non-hydrogen) atoms. The van der Waals surface area contributed by atoms with Crippen LogP contribution in [-0.2, 0) is 25.8 Å². The molecule has 0 saturated heterocycles. The third kappa shape index (κ3) is 3.19. The molecule has 0 amide bonds. The minimum absolute atomic E-state index is 0.0264. The van der Waals surface area contributed by atoms with E-state index in [9.17, 15) is 18.5 Å². The molecular weight excluding hydrogens is 398 g/mol. The van der Waals surface area contributed by atoms with E-state index in [4.69, 9.17) is 16.3 Å². The van der Waals surface area contributed by atoms with Crippen molar-refractivity contribution in [2.75, 3.05) is 6.61 Å². The van der Waals surface area contributed by atoms with Crippen molar-refractivity contribution in [2.24, 2.45) is 5.41 Å². The van der Waals surface area contributed by atoms with Crippen molar-refractivity contribution < 1.29 is 17.9 Å². The molecule has 5 nitrogen and oxygen atoms in total. The highest BCUT2D eigenvalue weighted by Gasteiger charge is 2.77. The molecule has 3 atom stereocenters. The smallest absolute Gasteiger partial charge is 0.328 e. The molecule has 1 aliphatic carbocycles. The van der Waals surface area contributed by atoms with Crippen LogP contribution in [0.15, 0.2) is 53.4 Å². The molecule has 0 bridgehead atoms. The molecule has 0 aliphatic heterocycles. The number of carbonyl (C=O) groups excluding carboxylic acids is 1. The molecule has 3 rings (SSSR count). The van der Waals surface area contributed by atoms with E-state index in [1.54, 1.807) is 19.1 Å². The van der Waals surface area contributed by atoms with E-state index in [2.05, 4.69) is 0 Å².